The van der Waals surface area contributed by atoms with Crippen LogP contribution in [0.4, 0.5) is 0 Å². The molecule has 0 amide bonds. The van der Waals surface area contributed by atoms with Crippen LogP contribution < -0.4 is 0 Å². The topological polar surface area (TPSA) is 108 Å². The van der Waals surface area contributed by atoms with Gasteiger partial charge in [0, 0.05) is 54.0 Å². The summed E-state index contributed by atoms with van der Waals surface area (Å²) >= 11 is 0.234. The second kappa shape index (κ2) is 6.77. The Morgan fingerprint density at radius 2 is 2.23 bits per heavy atom. The molecule has 30 heavy (non-hydrogen) atoms. The summed E-state index contributed by atoms with van der Waals surface area (Å²) in [6.45, 7) is 0.426. The van der Waals surface area contributed by atoms with E-state index in [4.69, 9.17) is 9.72 Å². The lowest BCUT2D eigenvalue weighted by molar-refractivity contribution is 0.217. The molecule has 1 unspecified atom stereocenters. The lowest BCUT2D eigenvalue weighted by Crippen LogP contribution is -2.11. The number of hydrogen-bond acceptors (Lipinski definition) is 7. The Hall–Kier alpha value is -2.99. The molecule has 1 N–H and O–H groups in total. The van der Waals surface area contributed by atoms with E-state index in [1.165, 1.54) is 11.3 Å². The summed E-state index contributed by atoms with van der Waals surface area (Å²) in [5.41, 5.74) is 3.40. The fourth-order valence-electron chi connectivity index (χ4n) is 3.59. The summed E-state index contributed by atoms with van der Waals surface area (Å²) in [6, 6.07) is 3.99. The van der Waals surface area contributed by atoms with Gasteiger partial charge in [0.15, 0.2) is 0 Å². The maximum absolute atomic E-state index is 12.9. The van der Waals surface area contributed by atoms with Crippen LogP contribution in [0.3, 0.4) is 0 Å². The second-order valence-electron chi connectivity index (χ2n) is 6.76. The minimum atomic E-state index is -1.21. The first kappa shape index (κ1) is 17.8. The van der Waals surface area contributed by atoms with Gasteiger partial charge in [0.25, 0.3) is 0 Å². The van der Waals surface area contributed by atoms with Crippen LogP contribution in [0.5, 0.6) is 0 Å². The molecule has 6 aromatic rings. The van der Waals surface area contributed by atoms with Gasteiger partial charge in [0.2, 0.25) is 9.99 Å². The number of aromatic nitrogens is 7. The molecule has 0 radical (unpaired) electrons. The molecular formula is C19H15N7O2S2. The van der Waals surface area contributed by atoms with Gasteiger partial charge in [-0.05, 0) is 12.1 Å². The number of ether oxygens (including phenoxy) is 1. The minimum absolute atomic E-state index is 0.424. The smallest absolute Gasteiger partial charge is 0.234 e. The largest absolute Gasteiger partial charge is 0.611 e. The molecule has 0 aliphatic carbocycles. The predicted molar refractivity (Wildman–Crippen MR) is 115 cm³/mol. The first-order valence-electron chi connectivity index (χ1n) is 9.18. The number of rotatable bonds is 5. The molecule has 0 saturated carbocycles. The second-order valence-corrected chi connectivity index (χ2v) is 9.52. The quantitative estimate of drug-likeness (QED) is 0.416. The Morgan fingerprint density at radius 3 is 3.13 bits per heavy atom. The van der Waals surface area contributed by atoms with Crippen molar-refractivity contribution < 1.29 is 9.29 Å². The zero-order valence-electron chi connectivity index (χ0n) is 15.8. The Balaban J connectivity index is 1.63. The maximum Gasteiger partial charge on any atom is 0.234 e. The van der Waals surface area contributed by atoms with E-state index >= 15 is 0 Å². The fraction of sp³-hybridized carbons (Fsp3) is 0.158. The van der Waals surface area contributed by atoms with Crippen LogP contribution in [0.15, 0.2) is 47.3 Å². The first-order chi connectivity index (χ1) is 14.7. The van der Waals surface area contributed by atoms with E-state index in [0.29, 0.717) is 18.1 Å². The van der Waals surface area contributed by atoms with Crippen molar-refractivity contribution in [3.05, 3.63) is 43.1 Å². The molecule has 1 atom stereocenters. The number of fused-ring (bicyclic) bond motifs is 3. The third kappa shape index (κ3) is 2.63. The SMILES string of the molecule is COCC[S+]([O-])c1sc2nc(-c3cnc4nccn4c3)cc3c2c1[nH]n1nccc31. The van der Waals surface area contributed by atoms with Gasteiger partial charge in [-0.3, -0.25) is 9.50 Å². The molecule has 0 fully saturated rings. The van der Waals surface area contributed by atoms with Gasteiger partial charge < -0.3 is 9.29 Å². The number of pyridine rings is 1. The van der Waals surface area contributed by atoms with E-state index in [-0.39, 0.29) is 0 Å². The number of imidazole rings is 1. The van der Waals surface area contributed by atoms with Crippen molar-refractivity contribution >= 4 is 54.9 Å². The molecule has 6 aromatic heterocycles. The van der Waals surface area contributed by atoms with Crippen molar-refractivity contribution in [3.63, 3.8) is 0 Å². The Bertz CT molecular complexity index is 1530. The number of aromatic amines is 1. The van der Waals surface area contributed by atoms with Crippen LogP contribution in [-0.2, 0) is 15.9 Å². The van der Waals surface area contributed by atoms with Gasteiger partial charge in [-0.25, -0.2) is 15.0 Å². The zero-order chi connectivity index (χ0) is 20.2. The molecule has 6 heterocycles. The van der Waals surface area contributed by atoms with Gasteiger partial charge in [-0.15, -0.1) is 0 Å². The van der Waals surface area contributed by atoms with E-state index in [1.807, 2.05) is 28.9 Å². The average Bonchev–Trinajstić information content (AvgIpc) is 3.50. The standard InChI is InChI=1S/C19H15N7O2S2/c1-28-6-7-30(27)18-16-15-12(14-2-3-22-26(14)24-16)8-13(23-17(15)29-18)11-9-21-19-20-4-5-25(19)10-11/h2-5,8-10,24H,6-7H2,1H3. The van der Waals surface area contributed by atoms with Gasteiger partial charge >= 0.3 is 0 Å². The summed E-state index contributed by atoms with van der Waals surface area (Å²) in [7, 11) is 1.61. The highest BCUT2D eigenvalue weighted by molar-refractivity contribution is 7.93. The van der Waals surface area contributed by atoms with Crippen LogP contribution in [0, 0.1) is 0 Å². The maximum atomic E-state index is 12.9. The molecule has 0 bridgehead atoms. The molecule has 150 valence electrons. The number of nitrogens with zero attached hydrogens (tertiary/aromatic N) is 6. The third-order valence-corrected chi connectivity index (χ3v) is 7.83. The van der Waals surface area contributed by atoms with Crippen molar-refractivity contribution in [2.45, 2.75) is 4.21 Å². The lowest BCUT2D eigenvalue weighted by Gasteiger charge is -2.09. The van der Waals surface area contributed by atoms with Crippen molar-refractivity contribution in [1.82, 2.24) is 34.2 Å². The Kier molecular flexibility index (Phi) is 4.03. The molecule has 0 aromatic carbocycles. The molecule has 9 nitrogen and oxygen atoms in total. The normalized spacial score (nSPS) is 13.3. The summed E-state index contributed by atoms with van der Waals surface area (Å²) in [4.78, 5) is 14.3. The number of methoxy groups -OCH3 is 1. The first-order valence-corrected chi connectivity index (χ1v) is 11.3. The van der Waals surface area contributed by atoms with Crippen molar-refractivity contribution in [2.75, 3.05) is 19.5 Å². The van der Waals surface area contributed by atoms with Gasteiger partial charge in [-0.1, -0.05) is 11.3 Å². The molecule has 0 aliphatic rings. The number of thiophene rings is 1. The van der Waals surface area contributed by atoms with Crippen molar-refractivity contribution in [1.29, 1.82) is 0 Å². The lowest BCUT2D eigenvalue weighted by atomic mass is 10.1. The van der Waals surface area contributed by atoms with Crippen molar-refractivity contribution in [3.8, 4) is 11.3 Å². The molecule has 0 spiro atoms. The summed E-state index contributed by atoms with van der Waals surface area (Å²) < 4.78 is 22.4. The average molecular weight is 438 g/mol. The highest BCUT2D eigenvalue weighted by Crippen LogP contribution is 2.40. The summed E-state index contributed by atoms with van der Waals surface area (Å²) in [5, 5.41) is 9.62. The number of hydrogen-bond donors (Lipinski definition) is 1. The van der Waals surface area contributed by atoms with Crippen LogP contribution >= 0.6 is 11.3 Å². The van der Waals surface area contributed by atoms with E-state index < -0.39 is 11.2 Å². The monoisotopic (exact) mass is 437 g/mol. The van der Waals surface area contributed by atoms with Gasteiger partial charge in [-0.2, -0.15) is 9.73 Å². The van der Waals surface area contributed by atoms with Crippen LogP contribution in [-0.4, -0.2) is 58.2 Å². The molecule has 0 aliphatic heterocycles. The highest BCUT2D eigenvalue weighted by atomic mass is 32.2. The predicted octanol–water partition coefficient (Wildman–Crippen LogP) is 2.89. The molecule has 11 heteroatoms. The van der Waals surface area contributed by atoms with Crippen LogP contribution in [0.25, 0.3) is 43.7 Å². The number of nitrogens with one attached hydrogen (secondary N) is 1. The van der Waals surface area contributed by atoms with Crippen molar-refractivity contribution in [2.24, 2.45) is 0 Å². The minimum Gasteiger partial charge on any atom is -0.611 e. The molecule has 6 rings (SSSR count). The van der Waals surface area contributed by atoms with Gasteiger partial charge in [0.05, 0.1) is 29.4 Å². The third-order valence-electron chi connectivity index (χ3n) is 4.99. The van der Waals surface area contributed by atoms with E-state index in [0.717, 1.165) is 42.1 Å². The van der Waals surface area contributed by atoms with Crippen LogP contribution in [0.1, 0.15) is 0 Å². The fourth-order valence-corrected chi connectivity index (χ4v) is 6.21. The Labute approximate surface area is 176 Å². The van der Waals surface area contributed by atoms with E-state index in [9.17, 15) is 4.55 Å². The Morgan fingerprint density at radius 1 is 1.30 bits per heavy atom. The van der Waals surface area contributed by atoms with Gasteiger partial charge in [0.1, 0.15) is 16.1 Å². The van der Waals surface area contributed by atoms with Crippen LogP contribution in [0.2, 0.25) is 0 Å². The summed E-state index contributed by atoms with van der Waals surface area (Å²) in [6.07, 6.45) is 9.04. The van der Waals surface area contributed by atoms with E-state index in [2.05, 4.69) is 20.2 Å². The number of H-pyrrole nitrogens is 1. The van der Waals surface area contributed by atoms with E-state index in [1.54, 1.807) is 30.3 Å². The molecular weight excluding hydrogens is 422 g/mol. The molecule has 0 saturated heterocycles. The summed E-state index contributed by atoms with van der Waals surface area (Å²) in [5.74, 6) is 1.06. The highest BCUT2D eigenvalue weighted by Gasteiger charge is 2.25. The zero-order valence-corrected chi connectivity index (χ0v) is 17.4.